The Hall–Kier alpha value is -3.24. The Balaban J connectivity index is 1.32. The molecule has 130 valence electrons. The fourth-order valence-corrected chi connectivity index (χ4v) is 2.85. The van der Waals surface area contributed by atoms with Crippen LogP contribution >= 0.6 is 0 Å². The number of hydrogen-bond donors (Lipinski definition) is 2. The lowest BCUT2D eigenvalue weighted by atomic mass is 10.2. The molecule has 2 aliphatic heterocycles. The molecule has 2 N–H and O–H groups in total. The van der Waals surface area contributed by atoms with E-state index in [0.717, 1.165) is 0 Å². The molecule has 2 saturated heterocycles. The van der Waals surface area contributed by atoms with Crippen LogP contribution in [0.1, 0.15) is 5.82 Å². The van der Waals surface area contributed by atoms with Crippen molar-refractivity contribution in [1.82, 2.24) is 40.3 Å². The van der Waals surface area contributed by atoms with E-state index in [4.69, 9.17) is 4.74 Å². The molecule has 2 fully saturated rings. The highest BCUT2D eigenvalue weighted by molar-refractivity contribution is 5.75. The van der Waals surface area contributed by atoms with Crippen molar-refractivity contribution >= 4 is 12.1 Å². The highest BCUT2D eigenvalue weighted by atomic mass is 16.6. The number of urea groups is 1. The lowest BCUT2D eigenvalue weighted by Crippen LogP contribution is -2.55. The number of piperazine rings is 1. The highest BCUT2D eigenvalue weighted by Crippen LogP contribution is 2.17. The van der Waals surface area contributed by atoms with E-state index in [9.17, 15) is 9.59 Å². The third-order valence-electron chi connectivity index (χ3n) is 4.13. The van der Waals surface area contributed by atoms with Crippen LogP contribution in [0.15, 0.2) is 18.6 Å². The van der Waals surface area contributed by atoms with Gasteiger partial charge in [-0.2, -0.15) is 5.10 Å². The van der Waals surface area contributed by atoms with E-state index in [1.54, 1.807) is 28.4 Å². The second-order valence-electron chi connectivity index (χ2n) is 5.73. The van der Waals surface area contributed by atoms with Crippen molar-refractivity contribution in [3.63, 3.8) is 0 Å². The van der Waals surface area contributed by atoms with Crippen LogP contribution in [0, 0.1) is 0 Å². The van der Waals surface area contributed by atoms with E-state index in [1.807, 2.05) is 0 Å². The summed E-state index contributed by atoms with van der Waals surface area (Å²) in [6.07, 6.45) is 4.39. The zero-order valence-corrected chi connectivity index (χ0v) is 13.3. The van der Waals surface area contributed by atoms with Gasteiger partial charge in [0.05, 0.1) is 18.8 Å². The van der Waals surface area contributed by atoms with E-state index < -0.39 is 0 Å². The van der Waals surface area contributed by atoms with Gasteiger partial charge in [0, 0.05) is 32.0 Å². The van der Waals surface area contributed by atoms with E-state index in [-0.39, 0.29) is 24.7 Å². The summed E-state index contributed by atoms with van der Waals surface area (Å²) in [6.45, 7) is 1.95. The molecule has 0 radical (unpaired) electrons. The number of nitrogens with zero attached hydrogens (tertiary/aromatic N) is 6. The minimum absolute atomic E-state index is 0.0689. The van der Waals surface area contributed by atoms with Gasteiger partial charge in [0.25, 0.3) is 0 Å². The molecule has 11 nitrogen and oxygen atoms in total. The summed E-state index contributed by atoms with van der Waals surface area (Å²) in [5.74, 6) is 0.944. The van der Waals surface area contributed by atoms with Crippen molar-refractivity contribution in [1.29, 1.82) is 0 Å². The molecule has 2 aromatic heterocycles. The summed E-state index contributed by atoms with van der Waals surface area (Å²) in [5, 5.41) is 9.63. The summed E-state index contributed by atoms with van der Waals surface area (Å²) in [4.78, 5) is 39.5. The van der Waals surface area contributed by atoms with Crippen molar-refractivity contribution in [2.75, 3.05) is 26.2 Å². The monoisotopic (exact) mass is 344 g/mol. The van der Waals surface area contributed by atoms with Gasteiger partial charge >= 0.3 is 12.1 Å². The Morgan fingerprint density at radius 3 is 3.16 bits per heavy atom. The summed E-state index contributed by atoms with van der Waals surface area (Å²) >= 11 is 0. The predicted octanol–water partition coefficient (Wildman–Crippen LogP) is -0.392. The molecule has 0 aliphatic carbocycles. The van der Waals surface area contributed by atoms with E-state index >= 15 is 0 Å². The van der Waals surface area contributed by atoms with Gasteiger partial charge in [0.1, 0.15) is 18.1 Å². The summed E-state index contributed by atoms with van der Waals surface area (Å²) < 4.78 is 5.00. The van der Waals surface area contributed by atoms with E-state index in [0.29, 0.717) is 43.6 Å². The maximum Gasteiger partial charge on any atom is 0.410 e. The number of ether oxygens (including phenoxy) is 1. The second-order valence-corrected chi connectivity index (χ2v) is 5.73. The molecular weight excluding hydrogens is 328 g/mol. The van der Waals surface area contributed by atoms with Crippen LogP contribution in [0.4, 0.5) is 9.59 Å². The first-order chi connectivity index (χ1) is 12.2. The predicted molar refractivity (Wildman–Crippen MR) is 83.1 cm³/mol. The topological polar surface area (TPSA) is 129 Å². The van der Waals surface area contributed by atoms with Crippen LogP contribution in [0.3, 0.4) is 0 Å². The Labute approximate surface area is 142 Å². The summed E-state index contributed by atoms with van der Waals surface area (Å²) in [6, 6.07) is -0.281. The Morgan fingerprint density at radius 2 is 2.32 bits per heavy atom. The number of H-pyrrole nitrogens is 1. The van der Waals surface area contributed by atoms with Gasteiger partial charge in [0.2, 0.25) is 5.82 Å². The van der Waals surface area contributed by atoms with Crippen LogP contribution in [-0.4, -0.2) is 79.4 Å². The van der Waals surface area contributed by atoms with Crippen molar-refractivity contribution in [2.45, 2.75) is 12.6 Å². The lowest BCUT2D eigenvalue weighted by Gasteiger charge is -2.35. The molecule has 4 heterocycles. The van der Waals surface area contributed by atoms with Crippen molar-refractivity contribution in [3.05, 3.63) is 24.4 Å². The molecule has 2 aromatic rings. The third-order valence-corrected chi connectivity index (χ3v) is 4.13. The second kappa shape index (κ2) is 6.34. The molecular formula is C14H16N8O3. The van der Waals surface area contributed by atoms with Gasteiger partial charge in [-0.25, -0.2) is 19.6 Å². The van der Waals surface area contributed by atoms with Crippen molar-refractivity contribution in [2.24, 2.45) is 0 Å². The molecule has 0 spiro atoms. The van der Waals surface area contributed by atoms with Gasteiger partial charge in [0.15, 0.2) is 0 Å². The number of hydrogen-bond acceptors (Lipinski definition) is 7. The number of amides is 3. The largest absolute Gasteiger partial charge is 0.447 e. The first-order valence-electron chi connectivity index (χ1n) is 7.84. The SMILES string of the molecule is O=C(NCc1nc(-c2cnccn2)n[nH]1)N1CCN2C(=O)OC[C@H]2C1. The lowest BCUT2D eigenvalue weighted by molar-refractivity contribution is 0.127. The zero-order valence-electron chi connectivity index (χ0n) is 13.3. The van der Waals surface area contributed by atoms with Crippen LogP contribution in [0.25, 0.3) is 11.5 Å². The van der Waals surface area contributed by atoms with Gasteiger partial charge in [-0.15, -0.1) is 0 Å². The first kappa shape index (κ1) is 15.3. The molecule has 11 heteroatoms. The average Bonchev–Trinajstić information content (AvgIpc) is 3.27. The smallest absolute Gasteiger partial charge is 0.410 e. The van der Waals surface area contributed by atoms with Gasteiger partial charge < -0.3 is 15.0 Å². The molecule has 0 unspecified atom stereocenters. The number of cyclic esters (lactones) is 1. The van der Waals surface area contributed by atoms with Crippen LogP contribution in [0.2, 0.25) is 0 Å². The van der Waals surface area contributed by atoms with Gasteiger partial charge in [-0.3, -0.25) is 15.0 Å². The molecule has 3 amide bonds. The number of carbonyl (C=O) groups is 2. The Morgan fingerprint density at radius 1 is 1.40 bits per heavy atom. The molecule has 1 atom stereocenters. The van der Waals surface area contributed by atoms with Gasteiger partial charge in [-0.1, -0.05) is 0 Å². The Kier molecular flexibility index (Phi) is 3.88. The molecule has 25 heavy (non-hydrogen) atoms. The quantitative estimate of drug-likeness (QED) is 0.775. The average molecular weight is 344 g/mol. The van der Waals surface area contributed by atoms with Crippen molar-refractivity contribution in [3.8, 4) is 11.5 Å². The van der Waals surface area contributed by atoms with Crippen LogP contribution in [-0.2, 0) is 11.3 Å². The molecule has 4 rings (SSSR count). The first-order valence-corrected chi connectivity index (χ1v) is 7.84. The van der Waals surface area contributed by atoms with E-state index in [2.05, 4.69) is 30.5 Å². The molecule has 2 aliphatic rings. The molecule has 0 aromatic carbocycles. The standard InChI is InChI=1S/C14H16N8O3/c23-13(21-3-4-22-9(7-21)8-25-14(22)24)17-6-11-18-12(20-19-11)10-5-15-1-2-16-10/h1-2,5,9H,3-4,6-8H2,(H,17,23)(H,18,19,20)/t9-/m1/s1. The maximum atomic E-state index is 12.3. The van der Waals surface area contributed by atoms with Crippen LogP contribution in [0.5, 0.6) is 0 Å². The number of aromatic nitrogens is 5. The zero-order chi connectivity index (χ0) is 17.2. The third kappa shape index (κ3) is 3.07. The summed E-state index contributed by atoms with van der Waals surface area (Å²) in [7, 11) is 0. The Bertz CT molecular complexity index is 779. The van der Waals surface area contributed by atoms with Crippen LogP contribution < -0.4 is 5.32 Å². The minimum atomic E-state index is -0.303. The van der Waals surface area contributed by atoms with Crippen molar-refractivity contribution < 1.29 is 14.3 Å². The number of fused-ring (bicyclic) bond motifs is 1. The van der Waals surface area contributed by atoms with E-state index in [1.165, 1.54) is 0 Å². The number of nitrogens with one attached hydrogen (secondary N) is 2. The number of carbonyl (C=O) groups excluding carboxylic acids is 2. The fourth-order valence-electron chi connectivity index (χ4n) is 2.85. The normalized spacial score (nSPS) is 19.5. The maximum absolute atomic E-state index is 12.3. The van der Waals surface area contributed by atoms with Gasteiger partial charge in [-0.05, 0) is 0 Å². The summed E-state index contributed by atoms with van der Waals surface area (Å²) in [5.41, 5.74) is 0.554. The fraction of sp³-hybridized carbons (Fsp3) is 0.429. The number of aromatic amines is 1. The highest BCUT2D eigenvalue weighted by Gasteiger charge is 2.38. The molecule has 0 saturated carbocycles. The minimum Gasteiger partial charge on any atom is -0.447 e. The molecule has 0 bridgehead atoms. The number of rotatable bonds is 3.